The minimum atomic E-state index is -0.466. The lowest BCUT2D eigenvalue weighted by Crippen LogP contribution is -2.47. The van der Waals surface area contributed by atoms with Crippen LogP contribution in [0.4, 0.5) is 4.39 Å². The Morgan fingerprint density at radius 1 is 1.50 bits per heavy atom. The monoisotopic (exact) mass is 280 g/mol. The molecule has 0 aromatic heterocycles. The van der Waals surface area contributed by atoms with Crippen LogP contribution in [0.1, 0.15) is 36.5 Å². The van der Waals surface area contributed by atoms with Crippen LogP contribution in [0.2, 0.25) is 0 Å². The van der Waals surface area contributed by atoms with Gasteiger partial charge < -0.3 is 15.4 Å². The van der Waals surface area contributed by atoms with Crippen molar-refractivity contribution < 1.29 is 13.9 Å². The zero-order valence-electron chi connectivity index (χ0n) is 11.9. The molecule has 1 saturated heterocycles. The number of amides is 1. The molecular formula is C15H21FN2O2. The molecule has 2 N–H and O–H groups in total. The number of nitrogens with one attached hydrogen (secondary N) is 2. The highest BCUT2D eigenvalue weighted by molar-refractivity contribution is 5.94. The Bertz CT molecular complexity index is 479. The Morgan fingerprint density at radius 2 is 2.30 bits per heavy atom. The van der Waals surface area contributed by atoms with Crippen molar-refractivity contribution in [2.75, 3.05) is 13.7 Å². The molecule has 20 heavy (non-hydrogen) atoms. The van der Waals surface area contributed by atoms with Crippen LogP contribution >= 0.6 is 0 Å². The molecule has 2 unspecified atom stereocenters. The molecule has 0 aliphatic carbocycles. The number of hydrogen-bond acceptors (Lipinski definition) is 3. The summed E-state index contributed by atoms with van der Waals surface area (Å²) in [5.74, 6) is -0.586. The number of ether oxygens (including phenoxy) is 1. The Balaban J connectivity index is 1.91. The molecule has 1 aliphatic rings. The number of hydrogen-bond donors (Lipinski definition) is 2. The van der Waals surface area contributed by atoms with Crippen molar-refractivity contribution >= 4 is 5.91 Å². The van der Waals surface area contributed by atoms with Crippen LogP contribution in [0.5, 0.6) is 5.75 Å². The summed E-state index contributed by atoms with van der Waals surface area (Å²) < 4.78 is 18.2. The van der Waals surface area contributed by atoms with Gasteiger partial charge in [0.25, 0.3) is 5.91 Å². The normalized spacial score (nSPS) is 22.4. The second-order valence-corrected chi connectivity index (χ2v) is 5.25. The Labute approximate surface area is 118 Å². The third-order valence-corrected chi connectivity index (χ3v) is 3.63. The minimum Gasteiger partial charge on any atom is -0.494 e. The van der Waals surface area contributed by atoms with E-state index in [0.29, 0.717) is 24.2 Å². The van der Waals surface area contributed by atoms with E-state index < -0.39 is 5.82 Å². The first kappa shape index (κ1) is 14.8. The fraction of sp³-hybridized carbons (Fsp3) is 0.533. The highest BCUT2D eigenvalue weighted by Crippen LogP contribution is 2.18. The molecule has 110 valence electrons. The highest BCUT2D eigenvalue weighted by Gasteiger charge is 2.18. The number of rotatable bonds is 4. The fourth-order valence-electron chi connectivity index (χ4n) is 2.52. The maximum atomic E-state index is 13.3. The average molecular weight is 280 g/mol. The van der Waals surface area contributed by atoms with Crippen LogP contribution in [0.3, 0.4) is 0 Å². The maximum absolute atomic E-state index is 13.3. The van der Waals surface area contributed by atoms with Crippen LogP contribution < -0.4 is 15.4 Å². The molecule has 1 aromatic rings. The van der Waals surface area contributed by atoms with Crippen molar-refractivity contribution in [2.24, 2.45) is 0 Å². The van der Waals surface area contributed by atoms with Gasteiger partial charge in [-0.3, -0.25) is 4.79 Å². The van der Waals surface area contributed by atoms with Crippen LogP contribution in [-0.4, -0.2) is 31.6 Å². The summed E-state index contributed by atoms with van der Waals surface area (Å²) >= 11 is 0. The summed E-state index contributed by atoms with van der Waals surface area (Å²) in [6, 6.07) is 4.93. The van der Waals surface area contributed by atoms with E-state index in [1.165, 1.54) is 38.2 Å². The predicted octanol–water partition coefficient (Wildman–Crippen LogP) is 2.09. The molecule has 1 fully saturated rings. The van der Waals surface area contributed by atoms with Gasteiger partial charge in [0, 0.05) is 24.2 Å². The van der Waals surface area contributed by atoms with Crippen molar-refractivity contribution in [1.82, 2.24) is 10.6 Å². The Kier molecular flexibility index (Phi) is 4.95. The summed E-state index contributed by atoms with van der Waals surface area (Å²) in [7, 11) is 1.38. The van der Waals surface area contributed by atoms with Crippen molar-refractivity contribution in [3.63, 3.8) is 0 Å². The molecule has 1 aromatic carbocycles. The van der Waals surface area contributed by atoms with E-state index in [1.54, 1.807) is 0 Å². The number of carbonyl (C=O) groups is 1. The maximum Gasteiger partial charge on any atom is 0.251 e. The van der Waals surface area contributed by atoms with Gasteiger partial charge in [0.05, 0.1) is 7.11 Å². The number of benzene rings is 1. The largest absolute Gasteiger partial charge is 0.494 e. The van der Waals surface area contributed by atoms with Crippen molar-refractivity contribution in [1.29, 1.82) is 0 Å². The van der Waals surface area contributed by atoms with Crippen LogP contribution in [0, 0.1) is 5.82 Å². The van der Waals surface area contributed by atoms with Crippen molar-refractivity contribution in [2.45, 2.75) is 38.3 Å². The summed E-state index contributed by atoms with van der Waals surface area (Å²) in [5, 5.41) is 6.34. The number of halogens is 1. The van der Waals surface area contributed by atoms with E-state index >= 15 is 0 Å². The van der Waals surface area contributed by atoms with E-state index in [4.69, 9.17) is 4.74 Å². The first-order chi connectivity index (χ1) is 9.60. The van der Waals surface area contributed by atoms with Gasteiger partial charge in [0.2, 0.25) is 0 Å². The predicted molar refractivity (Wildman–Crippen MR) is 75.5 cm³/mol. The molecule has 1 amide bonds. The zero-order chi connectivity index (χ0) is 14.5. The topological polar surface area (TPSA) is 50.4 Å². The summed E-state index contributed by atoms with van der Waals surface area (Å²) in [6.07, 6.45) is 3.43. The van der Waals surface area contributed by atoms with Crippen LogP contribution in [-0.2, 0) is 0 Å². The zero-order valence-corrected chi connectivity index (χ0v) is 11.9. The highest BCUT2D eigenvalue weighted by atomic mass is 19.1. The molecule has 0 spiro atoms. The van der Waals surface area contributed by atoms with Gasteiger partial charge in [-0.25, -0.2) is 4.39 Å². The molecule has 1 heterocycles. The second kappa shape index (κ2) is 6.70. The molecule has 2 atom stereocenters. The lowest BCUT2D eigenvalue weighted by Gasteiger charge is -2.28. The average Bonchev–Trinajstić information content (AvgIpc) is 2.45. The molecule has 2 rings (SSSR count). The third-order valence-electron chi connectivity index (χ3n) is 3.63. The second-order valence-electron chi connectivity index (χ2n) is 5.25. The molecule has 0 radical (unpaired) electrons. The first-order valence-corrected chi connectivity index (χ1v) is 6.98. The van der Waals surface area contributed by atoms with Gasteiger partial charge in [0.15, 0.2) is 11.6 Å². The Morgan fingerprint density at radius 3 is 3.00 bits per heavy atom. The standard InChI is InChI=1S/C15H21FN2O2/c1-10-4-3-5-12(18-10)9-17-15(19)11-6-7-13(16)14(8-11)20-2/h6-8,10,12,18H,3-5,9H2,1-2H3,(H,17,19). The third kappa shape index (κ3) is 3.70. The van der Waals surface area contributed by atoms with E-state index in [-0.39, 0.29) is 11.7 Å². The van der Waals surface area contributed by atoms with Crippen LogP contribution in [0.15, 0.2) is 18.2 Å². The summed E-state index contributed by atoms with van der Waals surface area (Å²) in [4.78, 5) is 12.0. The summed E-state index contributed by atoms with van der Waals surface area (Å²) in [5.41, 5.74) is 0.409. The number of methoxy groups -OCH3 is 1. The van der Waals surface area contributed by atoms with Gasteiger partial charge in [-0.15, -0.1) is 0 Å². The van der Waals surface area contributed by atoms with Crippen LogP contribution in [0.25, 0.3) is 0 Å². The minimum absolute atomic E-state index is 0.0852. The molecule has 5 heteroatoms. The van der Waals surface area contributed by atoms with Gasteiger partial charge >= 0.3 is 0 Å². The lowest BCUT2D eigenvalue weighted by molar-refractivity contribution is 0.0946. The first-order valence-electron chi connectivity index (χ1n) is 6.98. The van der Waals surface area contributed by atoms with E-state index in [2.05, 4.69) is 17.6 Å². The van der Waals surface area contributed by atoms with Gasteiger partial charge in [-0.1, -0.05) is 6.42 Å². The van der Waals surface area contributed by atoms with Gasteiger partial charge in [-0.2, -0.15) is 0 Å². The lowest BCUT2D eigenvalue weighted by atomic mass is 9.99. The van der Waals surface area contributed by atoms with Crippen molar-refractivity contribution in [3.05, 3.63) is 29.6 Å². The molecule has 4 nitrogen and oxygen atoms in total. The number of carbonyl (C=O) groups excluding carboxylic acids is 1. The molecular weight excluding hydrogens is 259 g/mol. The van der Waals surface area contributed by atoms with E-state index in [9.17, 15) is 9.18 Å². The number of piperidine rings is 1. The van der Waals surface area contributed by atoms with E-state index in [0.717, 1.165) is 6.42 Å². The smallest absolute Gasteiger partial charge is 0.251 e. The van der Waals surface area contributed by atoms with E-state index in [1.807, 2.05) is 0 Å². The molecule has 0 saturated carbocycles. The molecule has 1 aliphatic heterocycles. The molecule has 0 bridgehead atoms. The summed E-state index contributed by atoms with van der Waals surface area (Å²) in [6.45, 7) is 2.74. The Hall–Kier alpha value is -1.62. The fourth-order valence-corrected chi connectivity index (χ4v) is 2.52. The van der Waals surface area contributed by atoms with Crippen molar-refractivity contribution in [3.8, 4) is 5.75 Å². The van der Waals surface area contributed by atoms with Gasteiger partial charge in [0.1, 0.15) is 0 Å². The van der Waals surface area contributed by atoms with Gasteiger partial charge in [-0.05, 0) is 38.0 Å². The SMILES string of the molecule is COc1cc(C(=O)NCC2CCCC(C)N2)ccc1F. The quantitative estimate of drug-likeness (QED) is 0.888.